The predicted octanol–water partition coefficient (Wildman–Crippen LogP) is 6.72. The van der Waals surface area contributed by atoms with Gasteiger partial charge in [0.15, 0.2) is 11.6 Å². The van der Waals surface area contributed by atoms with E-state index in [0.29, 0.717) is 57.2 Å². The maximum atomic E-state index is 14.7. The monoisotopic (exact) mass is 631 g/mol. The van der Waals surface area contributed by atoms with E-state index in [4.69, 9.17) is 15.5 Å². The van der Waals surface area contributed by atoms with E-state index in [9.17, 15) is 14.3 Å². The van der Waals surface area contributed by atoms with Gasteiger partial charge in [0.05, 0.1) is 23.7 Å². The lowest BCUT2D eigenvalue weighted by Crippen LogP contribution is -2.42. The molecule has 2 atom stereocenters. The molecule has 3 aromatic carbocycles. The Morgan fingerprint density at radius 1 is 1.00 bits per heavy atom. The van der Waals surface area contributed by atoms with E-state index in [1.54, 1.807) is 23.9 Å². The van der Waals surface area contributed by atoms with Gasteiger partial charge in [0.25, 0.3) is 5.56 Å². The minimum atomic E-state index is -0.739. The molecule has 0 saturated carbocycles. The molecule has 0 aliphatic carbocycles. The first kappa shape index (κ1) is 31.2. The van der Waals surface area contributed by atoms with Crippen LogP contribution < -0.4 is 21.3 Å². The third-order valence-corrected chi connectivity index (χ3v) is 8.74. The van der Waals surface area contributed by atoms with Gasteiger partial charge in [-0.15, -0.1) is 0 Å². The Hall–Kier alpha value is -5.84. The zero-order chi connectivity index (χ0) is 33.3. The zero-order valence-corrected chi connectivity index (χ0v) is 26.4. The number of nitrogens with zero attached hydrogens (tertiary/aromatic N) is 5. The van der Waals surface area contributed by atoms with E-state index in [-0.39, 0.29) is 17.4 Å². The summed E-state index contributed by atoms with van der Waals surface area (Å²) in [7, 11) is 1.55. The molecule has 0 radical (unpaired) electrons. The molecule has 11 heteroatoms. The highest BCUT2D eigenvalue weighted by molar-refractivity contribution is 5.94. The number of aromatic hydroxyl groups is 1. The number of nitrogen functional groups attached to an aromatic ring is 1. The number of hydrogen-bond donors (Lipinski definition) is 3. The van der Waals surface area contributed by atoms with Crippen LogP contribution in [0.25, 0.3) is 38.8 Å². The maximum Gasteiger partial charge on any atom is 0.266 e. The van der Waals surface area contributed by atoms with Crippen LogP contribution in [-0.4, -0.2) is 42.3 Å². The van der Waals surface area contributed by atoms with Crippen LogP contribution >= 0.6 is 0 Å². The molecule has 0 bridgehead atoms. The number of nitrogens with two attached hydrogens (primary N) is 1. The number of anilines is 2. The highest BCUT2D eigenvalue weighted by atomic mass is 19.1. The number of hydrogen-bond acceptors (Lipinski definition) is 9. The molecule has 10 nitrogen and oxygen atoms in total. The van der Waals surface area contributed by atoms with Gasteiger partial charge >= 0.3 is 0 Å². The normalized spacial score (nSPS) is 13.2. The molecule has 0 amide bonds. The first-order chi connectivity index (χ1) is 22.6. The van der Waals surface area contributed by atoms with Gasteiger partial charge in [-0.1, -0.05) is 50.2 Å². The summed E-state index contributed by atoms with van der Waals surface area (Å²) >= 11 is 0. The molecule has 6 aromatic rings. The fourth-order valence-corrected chi connectivity index (χ4v) is 5.73. The number of fused-ring (bicyclic) bond motifs is 1. The van der Waals surface area contributed by atoms with Crippen molar-refractivity contribution in [3.8, 4) is 39.6 Å². The second kappa shape index (κ2) is 12.5. The van der Waals surface area contributed by atoms with Crippen molar-refractivity contribution in [2.45, 2.75) is 38.6 Å². The van der Waals surface area contributed by atoms with Crippen LogP contribution in [0.15, 0.2) is 96.1 Å². The number of nitrogens with one attached hydrogen (secondary N) is 1. The Balaban J connectivity index is 1.53. The molecule has 0 aliphatic rings. The number of aromatic nitrogens is 5. The minimum absolute atomic E-state index is 0.0407. The van der Waals surface area contributed by atoms with Crippen LogP contribution in [0.3, 0.4) is 0 Å². The highest BCUT2D eigenvalue weighted by Gasteiger charge is 2.36. The number of pyridine rings is 1. The smallest absolute Gasteiger partial charge is 0.266 e. The van der Waals surface area contributed by atoms with Gasteiger partial charge in [0, 0.05) is 35.5 Å². The summed E-state index contributed by atoms with van der Waals surface area (Å²) in [5.41, 5.74) is 8.80. The average Bonchev–Trinajstić information content (AvgIpc) is 3.09. The summed E-state index contributed by atoms with van der Waals surface area (Å²) < 4.78 is 20.9. The van der Waals surface area contributed by atoms with E-state index in [0.717, 1.165) is 5.56 Å². The molecule has 2 unspecified atom stereocenters. The standard InChI is InChI=1S/C36H34FN7O3/c1-5-36(3,43-32-26(20-40-35(38)42-32)22-14-15-27(37)29(45)18-22)21(2)33-41-28-13-9-12-25(23-16-17-39-30(19-23)47-4)31(28)34(46)44(33)24-10-7-6-8-11-24/h6-21,45H,5H2,1-4H3,(H3,38,40,42,43). The highest BCUT2D eigenvalue weighted by Crippen LogP contribution is 2.38. The zero-order valence-electron chi connectivity index (χ0n) is 26.4. The number of halogens is 1. The van der Waals surface area contributed by atoms with Gasteiger partial charge in [0.2, 0.25) is 11.8 Å². The quantitative estimate of drug-likeness (QED) is 0.158. The maximum absolute atomic E-state index is 14.7. The Labute approximate surface area is 270 Å². The molecule has 6 rings (SSSR count). The predicted molar refractivity (Wildman–Crippen MR) is 181 cm³/mol. The Morgan fingerprint density at radius 3 is 2.49 bits per heavy atom. The number of rotatable bonds is 9. The summed E-state index contributed by atoms with van der Waals surface area (Å²) in [6.45, 7) is 6.06. The Morgan fingerprint density at radius 2 is 1.77 bits per heavy atom. The van der Waals surface area contributed by atoms with E-state index < -0.39 is 17.1 Å². The summed E-state index contributed by atoms with van der Waals surface area (Å²) in [4.78, 5) is 32.7. The summed E-state index contributed by atoms with van der Waals surface area (Å²) in [5, 5.41) is 14.1. The Kier molecular flexibility index (Phi) is 8.29. The molecule has 3 aromatic heterocycles. The second-order valence-electron chi connectivity index (χ2n) is 11.5. The van der Waals surface area contributed by atoms with Crippen molar-refractivity contribution in [3.05, 3.63) is 113 Å². The lowest BCUT2D eigenvalue weighted by molar-refractivity contribution is 0.398. The number of phenols is 1. The summed E-state index contributed by atoms with van der Waals surface area (Å²) in [6.07, 6.45) is 3.76. The lowest BCUT2D eigenvalue weighted by Gasteiger charge is -2.37. The van der Waals surface area contributed by atoms with Crippen molar-refractivity contribution in [2.24, 2.45) is 0 Å². The number of para-hydroxylation sites is 1. The average molecular weight is 632 g/mol. The van der Waals surface area contributed by atoms with Gasteiger partial charge in [-0.05, 0) is 66.4 Å². The fraction of sp³-hybridized carbons (Fsp3) is 0.194. The largest absolute Gasteiger partial charge is 0.505 e. The SMILES string of the molecule is CCC(C)(Nc1nc(N)ncc1-c1ccc(F)c(O)c1)C(C)c1nc2cccc(-c3ccnc(OC)c3)c2c(=O)n1-c1ccccc1. The van der Waals surface area contributed by atoms with Crippen molar-refractivity contribution in [1.29, 1.82) is 0 Å². The fourth-order valence-electron chi connectivity index (χ4n) is 5.73. The van der Waals surface area contributed by atoms with Crippen molar-refractivity contribution in [3.63, 3.8) is 0 Å². The van der Waals surface area contributed by atoms with Gasteiger partial charge in [-0.3, -0.25) is 9.36 Å². The molecular formula is C36H34FN7O3. The van der Waals surface area contributed by atoms with Crippen LogP contribution in [-0.2, 0) is 0 Å². The molecule has 0 saturated heterocycles. The molecule has 238 valence electrons. The molecule has 4 N–H and O–H groups in total. The van der Waals surface area contributed by atoms with Crippen molar-refractivity contribution >= 4 is 22.7 Å². The first-order valence-corrected chi connectivity index (χ1v) is 15.1. The van der Waals surface area contributed by atoms with Crippen molar-refractivity contribution < 1.29 is 14.2 Å². The molecule has 47 heavy (non-hydrogen) atoms. The molecule has 0 fully saturated rings. The lowest BCUT2D eigenvalue weighted by atomic mass is 9.83. The van der Waals surface area contributed by atoms with Crippen LogP contribution in [0.5, 0.6) is 11.6 Å². The van der Waals surface area contributed by atoms with Gasteiger partial charge in [-0.25, -0.2) is 19.3 Å². The molecule has 3 heterocycles. The Bertz CT molecular complexity index is 2160. The molecular weight excluding hydrogens is 597 g/mol. The molecule has 0 spiro atoms. The summed E-state index contributed by atoms with van der Waals surface area (Å²) in [6, 6.07) is 22.7. The molecule has 0 aliphatic heterocycles. The summed E-state index contributed by atoms with van der Waals surface area (Å²) in [5.74, 6) is -0.195. The third kappa shape index (κ3) is 5.83. The van der Waals surface area contributed by atoms with Gasteiger partial charge in [0.1, 0.15) is 11.6 Å². The number of benzene rings is 3. The van der Waals surface area contributed by atoms with Gasteiger partial charge in [-0.2, -0.15) is 4.98 Å². The third-order valence-electron chi connectivity index (χ3n) is 8.74. The van der Waals surface area contributed by atoms with E-state index in [2.05, 4.69) is 20.3 Å². The first-order valence-electron chi connectivity index (χ1n) is 15.1. The van der Waals surface area contributed by atoms with E-state index in [1.165, 1.54) is 24.4 Å². The van der Waals surface area contributed by atoms with E-state index >= 15 is 0 Å². The minimum Gasteiger partial charge on any atom is -0.505 e. The van der Waals surface area contributed by atoms with Gasteiger partial charge < -0.3 is 20.9 Å². The number of methoxy groups -OCH3 is 1. The number of phenolic OH excluding ortho intramolecular Hbond substituents is 1. The van der Waals surface area contributed by atoms with Crippen LogP contribution in [0.1, 0.15) is 38.9 Å². The second-order valence-corrected chi connectivity index (χ2v) is 11.5. The van der Waals surface area contributed by atoms with Crippen LogP contribution in [0.2, 0.25) is 0 Å². The topological polar surface area (TPSA) is 141 Å². The van der Waals surface area contributed by atoms with Crippen molar-refractivity contribution in [2.75, 3.05) is 18.2 Å². The van der Waals surface area contributed by atoms with E-state index in [1.807, 2.05) is 75.4 Å². The van der Waals surface area contributed by atoms with Crippen molar-refractivity contribution in [1.82, 2.24) is 24.5 Å². The van der Waals surface area contributed by atoms with Crippen LogP contribution in [0, 0.1) is 5.82 Å². The van der Waals surface area contributed by atoms with Crippen LogP contribution in [0.4, 0.5) is 16.2 Å². The number of ether oxygens (including phenoxy) is 1.